The van der Waals surface area contributed by atoms with Gasteiger partial charge in [0.2, 0.25) is 0 Å². The minimum absolute atomic E-state index is 0.0184. The van der Waals surface area contributed by atoms with E-state index in [0.29, 0.717) is 16.3 Å². The Kier molecular flexibility index (Phi) is 6.23. The highest BCUT2D eigenvalue weighted by Gasteiger charge is 2.16. The van der Waals surface area contributed by atoms with Crippen molar-refractivity contribution in [2.45, 2.75) is 9.79 Å². The molecule has 0 fully saturated rings. The number of benzene rings is 3. The molecular weight excluding hydrogens is 424 g/mol. The third kappa shape index (κ3) is 5.05. The summed E-state index contributed by atoms with van der Waals surface area (Å²) in [6, 6.07) is 20.2. The average Bonchev–Trinajstić information content (AvgIpc) is 2.74. The lowest BCUT2D eigenvalue weighted by Crippen LogP contribution is -2.13. The molecule has 0 saturated carbocycles. The first kappa shape index (κ1) is 21.5. The molecule has 0 radical (unpaired) electrons. The van der Waals surface area contributed by atoms with Crippen LogP contribution in [0.2, 0.25) is 0 Å². The number of carbonyl (C=O) groups is 1. The van der Waals surface area contributed by atoms with E-state index in [9.17, 15) is 17.4 Å². The van der Waals surface area contributed by atoms with Crippen LogP contribution in [-0.2, 0) is 19.8 Å². The second kappa shape index (κ2) is 8.68. The highest BCUT2D eigenvalue weighted by molar-refractivity contribution is 7.93. The summed E-state index contributed by atoms with van der Waals surface area (Å²) in [5, 5.41) is 0. The molecule has 30 heavy (non-hydrogen) atoms. The molecule has 3 aromatic rings. The van der Waals surface area contributed by atoms with Crippen molar-refractivity contribution in [1.82, 2.24) is 0 Å². The van der Waals surface area contributed by atoms with Crippen LogP contribution in [0, 0.1) is 0 Å². The van der Waals surface area contributed by atoms with Crippen molar-refractivity contribution < 1.29 is 22.2 Å². The molecule has 1 amide bonds. The number of ether oxygens (including phenoxy) is 1. The molecule has 0 heterocycles. The Labute approximate surface area is 176 Å². The summed E-state index contributed by atoms with van der Waals surface area (Å²) in [6.07, 6.45) is 1.39. The summed E-state index contributed by atoms with van der Waals surface area (Å²) in [6.45, 7) is 0. The zero-order valence-corrected chi connectivity index (χ0v) is 17.9. The fraction of sp³-hybridized carbons (Fsp3) is 0.0952. The number of rotatable bonds is 6. The standard InChI is InChI=1S/C21H20N2O5S2/c1-28-18-12-10-17(11-13-18)22-30(26,27)20-14-8-16(9-15-20)21(24)23-29(2,25)19-6-4-3-5-7-19/h3-15,22H,1-2H3. The van der Waals surface area contributed by atoms with Gasteiger partial charge >= 0.3 is 0 Å². The number of carbonyl (C=O) groups excluding carboxylic acids is 1. The average molecular weight is 445 g/mol. The molecule has 1 N–H and O–H groups in total. The number of hydrogen-bond acceptors (Lipinski definition) is 5. The third-order valence-electron chi connectivity index (χ3n) is 4.19. The van der Waals surface area contributed by atoms with Crippen LogP contribution in [0.1, 0.15) is 10.4 Å². The molecule has 0 saturated heterocycles. The summed E-state index contributed by atoms with van der Waals surface area (Å²) in [7, 11) is -5.23. The molecule has 3 aromatic carbocycles. The molecular formula is C21H20N2O5S2. The first-order chi connectivity index (χ1) is 14.2. The van der Waals surface area contributed by atoms with Crippen LogP contribution >= 0.6 is 0 Å². The third-order valence-corrected chi connectivity index (χ3v) is 7.25. The largest absolute Gasteiger partial charge is 0.497 e. The van der Waals surface area contributed by atoms with Crippen molar-refractivity contribution in [3.63, 3.8) is 0 Å². The fourth-order valence-corrected chi connectivity index (χ4v) is 4.83. The van der Waals surface area contributed by atoms with E-state index in [-0.39, 0.29) is 10.5 Å². The van der Waals surface area contributed by atoms with Gasteiger partial charge in [0, 0.05) is 22.4 Å². The van der Waals surface area contributed by atoms with Crippen molar-refractivity contribution in [2.75, 3.05) is 18.1 Å². The Balaban J connectivity index is 1.80. The van der Waals surface area contributed by atoms with E-state index in [1.165, 1.54) is 37.6 Å². The maximum Gasteiger partial charge on any atom is 0.285 e. The Morgan fingerprint density at radius 2 is 1.43 bits per heavy atom. The number of nitrogens with one attached hydrogen (secondary N) is 1. The normalized spacial score (nSPS) is 13.1. The van der Waals surface area contributed by atoms with Gasteiger partial charge in [-0.1, -0.05) is 18.2 Å². The Morgan fingerprint density at radius 3 is 2.00 bits per heavy atom. The van der Waals surface area contributed by atoms with E-state index in [1.807, 2.05) is 0 Å². The summed E-state index contributed by atoms with van der Waals surface area (Å²) in [4.78, 5) is 12.9. The van der Waals surface area contributed by atoms with Crippen LogP contribution in [0.15, 0.2) is 93.0 Å². The van der Waals surface area contributed by atoms with Gasteiger partial charge < -0.3 is 4.74 Å². The molecule has 0 aliphatic rings. The van der Waals surface area contributed by atoms with Crippen LogP contribution in [0.5, 0.6) is 5.75 Å². The van der Waals surface area contributed by atoms with E-state index in [0.717, 1.165) is 0 Å². The van der Waals surface area contributed by atoms with E-state index in [2.05, 4.69) is 9.08 Å². The van der Waals surface area contributed by atoms with Gasteiger partial charge in [0.1, 0.15) is 5.75 Å². The number of amides is 1. The lowest BCUT2D eigenvalue weighted by molar-refractivity contribution is 0.100. The smallest absolute Gasteiger partial charge is 0.285 e. The maximum absolute atomic E-state index is 12.7. The monoisotopic (exact) mass is 444 g/mol. The molecule has 1 atom stereocenters. The van der Waals surface area contributed by atoms with Crippen LogP contribution in [0.25, 0.3) is 0 Å². The van der Waals surface area contributed by atoms with Gasteiger partial charge in [0.25, 0.3) is 15.9 Å². The molecule has 0 spiro atoms. The lowest BCUT2D eigenvalue weighted by Gasteiger charge is -2.09. The van der Waals surface area contributed by atoms with E-state index >= 15 is 0 Å². The summed E-state index contributed by atoms with van der Waals surface area (Å²) in [5.41, 5.74) is 0.517. The Bertz CT molecular complexity index is 1260. The summed E-state index contributed by atoms with van der Waals surface area (Å²) >= 11 is 0. The second-order valence-corrected chi connectivity index (χ2v) is 10.3. The minimum atomic E-state index is -3.84. The van der Waals surface area contributed by atoms with Gasteiger partial charge in [-0.05, 0) is 60.7 Å². The van der Waals surface area contributed by atoms with E-state index in [4.69, 9.17) is 4.74 Å². The molecule has 0 aliphatic carbocycles. The molecule has 0 bridgehead atoms. The van der Waals surface area contributed by atoms with Crippen molar-refractivity contribution in [1.29, 1.82) is 0 Å². The van der Waals surface area contributed by atoms with Gasteiger partial charge in [-0.3, -0.25) is 9.52 Å². The van der Waals surface area contributed by atoms with Gasteiger partial charge in [0.05, 0.1) is 21.7 Å². The molecule has 156 valence electrons. The molecule has 9 heteroatoms. The predicted octanol–water partition coefficient (Wildman–Crippen LogP) is 3.79. The van der Waals surface area contributed by atoms with Gasteiger partial charge in [-0.2, -0.15) is 4.36 Å². The number of methoxy groups -OCH3 is 1. The highest BCUT2D eigenvalue weighted by Crippen LogP contribution is 2.20. The molecule has 7 nitrogen and oxygen atoms in total. The van der Waals surface area contributed by atoms with Crippen molar-refractivity contribution in [3.05, 3.63) is 84.4 Å². The van der Waals surface area contributed by atoms with Gasteiger partial charge in [0.15, 0.2) is 0 Å². The van der Waals surface area contributed by atoms with E-state index in [1.54, 1.807) is 54.6 Å². The number of anilines is 1. The van der Waals surface area contributed by atoms with E-state index < -0.39 is 25.7 Å². The Morgan fingerprint density at radius 1 is 0.833 bits per heavy atom. The van der Waals surface area contributed by atoms with Crippen molar-refractivity contribution in [3.8, 4) is 5.75 Å². The molecule has 1 unspecified atom stereocenters. The fourth-order valence-electron chi connectivity index (χ4n) is 2.59. The second-order valence-electron chi connectivity index (χ2n) is 6.37. The highest BCUT2D eigenvalue weighted by atomic mass is 32.2. The minimum Gasteiger partial charge on any atom is -0.497 e. The van der Waals surface area contributed by atoms with Crippen LogP contribution in [-0.4, -0.2) is 31.9 Å². The number of hydrogen-bond donors (Lipinski definition) is 1. The summed E-state index contributed by atoms with van der Waals surface area (Å²) in [5.74, 6) is -0.0778. The molecule has 3 rings (SSSR count). The quantitative estimate of drug-likeness (QED) is 0.623. The number of nitrogens with zero attached hydrogens (tertiary/aromatic N) is 1. The first-order valence-corrected chi connectivity index (χ1v) is 12.2. The SMILES string of the molecule is COc1ccc(NS(=O)(=O)c2ccc(C(=O)N=S(C)(=O)c3ccccc3)cc2)cc1. The van der Waals surface area contributed by atoms with Gasteiger partial charge in [-0.15, -0.1) is 0 Å². The topological polar surface area (TPSA) is 102 Å². The molecule has 0 aliphatic heterocycles. The van der Waals surface area contributed by atoms with Gasteiger partial charge in [-0.25, -0.2) is 12.6 Å². The molecule has 0 aromatic heterocycles. The zero-order valence-electron chi connectivity index (χ0n) is 16.3. The van der Waals surface area contributed by atoms with Crippen LogP contribution < -0.4 is 9.46 Å². The van der Waals surface area contributed by atoms with Crippen molar-refractivity contribution in [2.24, 2.45) is 4.36 Å². The lowest BCUT2D eigenvalue weighted by atomic mass is 10.2. The number of sulfonamides is 1. The zero-order chi connectivity index (χ0) is 21.8. The maximum atomic E-state index is 12.7. The first-order valence-electron chi connectivity index (χ1n) is 8.80. The van der Waals surface area contributed by atoms with Crippen molar-refractivity contribution >= 4 is 31.3 Å². The Hall–Kier alpha value is -3.17. The van der Waals surface area contributed by atoms with Crippen LogP contribution in [0.3, 0.4) is 0 Å². The summed E-state index contributed by atoms with van der Waals surface area (Å²) < 4.78 is 49.2. The van der Waals surface area contributed by atoms with Crippen LogP contribution in [0.4, 0.5) is 5.69 Å². The predicted molar refractivity (Wildman–Crippen MR) is 116 cm³/mol.